The minimum absolute atomic E-state index is 0.0130. The molecule has 5 heterocycles. The smallest absolute Gasteiger partial charge is 0.319 e. The van der Waals surface area contributed by atoms with Crippen molar-refractivity contribution in [2.24, 2.45) is 0 Å². The van der Waals surface area contributed by atoms with E-state index in [1.165, 1.54) is 20.0 Å². The predicted molar refractivity (Wildman–Crippen MR) is 180 cm³/mol. The van der Waals surface area contributed by atoms with Crippen molar-refractivity contribution in [3.8, 4) is 22.9 Å². The molecule has 4 fully saturated rings. The fourth-order valence-corrected chi connectivity index (χ4v) is 8.68. The number of ether oxygens (including phenoxy) is 2. The number of aromatic hydroxyl groups is 1. The average molecular weight is 636 g/mol. The highest BCUT2D eigenvalue weighted by Crippen LogP contribution is 2.41. The second-order valence-electron chi connectivity index (χ2n) is 13.7. The molecule has 1 N–H and O–H groups in total. The fraction of sp³-hybridized carbons (Fsp3) is 0.459. The predicted octanol–water partition coefficient (Wildman–Crippen LogP) is 5.30. The minimum Gasteiger partial charge on any atom is -0.508 e. The molecule has 10 nitrogen and oxygen atoms in total. The summed E-state index contributed by atoms with van der Waals surface area (Å²) in [6.45, 7) is 4.13. The van der Waals surface area contributed by atoms with E-state index in [2.05, 4.69) is 34.1 Å². The van der Waals surface area contributed by atoms with Crippen LogP contribution in [0.3, 0.4) is 0 Å². The Morgan fingerprint density at radius 1 is 0.936 bits per heavy atom. The van der Waals surface area contributed by atoms with Crippen LogP contribution in [0.1, 0.15) is 51.4 Å². The fourth-order valence-electron chi connectivity index (χ4n) is 8.68. The van der Waals surface area contributed by atoms with Gasteiger partial charge in [0.15, 0.2) is 0 Å². The summed E-state index contributed by atoms with van der Waals surface area (Å²) < 4.78 is 11.3. The summed E-state index contributed by atoms with van der Waals surface area (Å²) in [7, 11) is 1.35. The largest absolute Gasteiger partial charge is 0.508 e. The topological polar surface area (TPSA) is 108 Å². The number of rotatable bonds is 8. The van der Waals surface area contributed by atoms with Crippen LogP contribution in [0.4, 0.5) is 5.82 Å². The number of carbonyl (C=O) groups is 2. The first-order valence-electron chi connectivity index (χ1n) is 17.0. The van der Waals surface area contributed by atoms with E-state index in [1.54, 1.807) is 6.07 Å². The number of hydrogen-bond donors (Lipinski definition) is 1. The van der Waals surface area contributed by atoms with Crippen molar-refractivity contribution in [3.63, 3.8) is 0 Å². The standard InChI is InChI=1S/C37H41N5O5/c1-46-34(45)13-12-33(44)42-26-9-10-27(42)22-40(21-26)35-30-11-8-25(31-20-28(43)18-24-6-2-3-7-29(24)31)19-32(30)38-36(39-35)47-23-37-14-4-16-41(37)17-5-15-37/h2-3,6-8,11,18-20,26-27,43H,4-5,9-10,12-17,21-23H2,1H3. The monoisotopic (exact) mass is 635 g/mol. The van der Waals surface area contributed by atoms with Crippen LogP contribution in [0.25, 0.3) is 32.8 Å². The number of phenols is 1. The van der Waals surface area contributed by atoms with E-state index in [1.807, 2.05) is 29.2 Å². The number of aromatic nitrogens is 2. The quantitative estimate of drug-likeness (QED) is 0.258. The first-order chi connectivity index (χ1) is 22.9. The van der Waals surface area contributed by atoms with Gasteiger partial charge in [0.2, 0.25) is 5.91 Å². The highest BCUT2D eigenvalue weighted by Gasteiger charge is 2.46. The van der Waals surface area contributed by atoms with Gasteiger partial charge in [0, 0.05) is 37.0 Å². The van der Waals surface area contributed by atoms with Crippen LogP contribution in [-0.2, 0) is 14.3 Å². The molecule has 244 valence electrons. The molecular formula is C37H41N5O5. The Morgan fingerprint density at radius 2 is 1.70 bits per heavy atom. The lowest BCUT2D eigenvalue weighted by atomic mass is 9.95. The lowest BCUT2D eigenvalue weighted by Crippen LogP contribution is -2.56. The Hall–Kier alpha value is -4.44. The second-order valence-corrected chi connectivity index (χ2v) is 13.7. The molecule has 4 aromatic rings. The molecule has 10 heteroatoms. The number of anilines is 1. The molecule has 0 radical (unpaired) electrons. The first-order valence-corrected chi connectivity index (χ1v) is 17.0. The van der Waals surface area contributed by atoms with Crippen molar-refractivity contribution in [2.75, 3.05) is 44.8 Å². The summed E-state index contributed by atoms with van der Waals surface area (Å²) in [5, 5.41) is 13.5. The lowest BCUT2D eigenvalue weighted by molar-refractivity contribution is -0.144. The molecule has 0 spiro atoms. The van der Waals surface area contributed by atoms with Crippen LogP contribution in [0.15, 0.2) is 54.6 Å². The number of methoxy groups -OCH3 is 1. The molecule has 2 unspecified atom stereocenters. The number of carbonyl (C=O) groups excluding carboxylic acids is 2. The van der Waals surface area contributed by atoms with E-state index >= 15 is 0 Å². The maximum atomic E-state index is 13.2. The Bertz CT molecular complexity index is 1840. The normalized spacial score (nSPS) is 21.8. The number of hydrogen-bond acceptors (Lipinski definition) is 9. The van der Waals surface area contributed by atoms with Crippen LogP contribution < -0.4 is 9.64 Å². The van der Waals surface area contributed by atoms with E-state index in [9.17, 15) is 14.7 Å². The summed E-state index contributed by atoms with van der Waals surface area (Å²) in [6.07, 6.45) is 6.77. The minimum atomic E-state index is -0.361. The SMILES string of the molecule is COC(=O)CCC(=O)N1C2CCC1CN(c1nc(OCC34CCCN3CCC4)nc3cc(-c4cc(O)cc5ccccc45)ccc13)C2. The van der Waals surface area contributed by atoms with E-state index < -0.39 is 0 Å². The van der Waals surface area contributed by atoms with Crippen molar-refractivity contribution in [3.05, 3.63) is 54.6 Å². The van der Waals surface area contributed by atoms with Crippen molar-refractivity contribution < 1.29 is 24.2 Å². The van der Waals surface area contributed by atoms with Gasteiger partial charge >= 0.3 is 12.0 Å². The van der Waals surface area contributed by atoms with Gasteiger partial charge in [-0.15, -0.1) is 0 Å². The van der Waals surface area contributed by atoms with Gasteiger partial charge in [0.1, 0.15) is 18.2 Å². The maximum Gasteiger partial charge on any atom is 0.319 e. The van der Waals surface area contributed by atoms with Crippen LogP contribution >= 0.6 is 0 Å². The van der Waals surface area contributed by atoms with Gasteiger partial charge < -0.3 is 24.4 Å². The number of amides is 1. The van der Waals surface area contributed by atoms with Gasteiger partial charge in [-0.3, -0.25) is 14.5 Å². The summed E-state index contributed by atoms with van der Waals surface area (Å²) in [5.41, 5.74) is 2.74. The summed E-state index contributed by atoms with van der Waals surface area (Å²) in [6, 6.07) is 18.4. The number of piperazine rings is 1. The zero-order valence-corrected chi connectivity index (χ0v) is 26.9. The molecule has 0 saturated carbocycles. The molecule has 1 aromatic heterocycles. The molecular weight excluding hydrogens is 594 g/mol. The van der Waals surface area contributed by atoms with Crippen LogP contribution in [0.5, 0.6) is 11.8 Å². The van der Waals surface area contributed by atoms with Gasteiger partial charge in [0.05, 0.1) is 24.6 Å². The number of phenolic OH excluding ortho intramolecular Hbond substituents is 1. The Labute approximate surface area is 274 Å². The molecule has 47 heavy (non-hydrogen) atoms. The van der Waals surface area contributed by atoms with E-state index in [4.69, 9.17) is 19.4 Å². The van der Waals surface area contributed by atoms with Crippen molar-refractivity contribution in [1.29, 1.82) is 0 Å². The number of esters is 1. The third-order valence-corrected chi connectivity index (χ3v) is 10.9. The van der Waals surface area contributed by atoms with Gasteiger partial charge in [-0.1, -0.05) is 30.3 Å². The molecule has 2 bridgehead atoms. The van der Waals surface area contributed by atoms with Crippen LogP contribution in [-0.4, -0.2) is 94.3 Å². The molecule has 3 aromatic carbocycles. The average Bonchev–Trinajstić information content (AvgIpc) is 3.75. The molecule has 4 aliphatic heterocycles. The Morgan fingerprint density at radius 3 is 2.47 bits per heavy atom. The molecule has 2 atom stereocenters. The molecule has 4 aliphatic rings. The van der Waals surface area contributed by atoms with Crippen molar-refractivity contribution in [2.45, 2.75) is 69.0 Å². The number of nitrogens with zero attached hydrogens (tertiary/aromatic N) is 5. The van der Waals surface area contributed by atoms with E-state index in [-0.39, 0.29) is 48.1 Å². The lowest BCUT2D eigenvalue weighted by Gasteiger charge is -2.42. The van der Waals surface area contributed by atoms with Gasteiger partial charge in [-0.05, 0) is 97.8 Å². The third kappa shape index (κ3) is 5.42. The van der Waals surface area contributed by atoms with E-state index in [0.29, 0.717) is 25.7 Å². The first kappa shape index (κ1) is 29.9. The van der Waals surface area contributed by atoms with Gasteiger partial charge in [-0.2, -0.15) is 9.97 Å². The van der Waals surface area contributed by atoms with E-state index in [0.717, 1.165) is 77.4 Å². The zero-order chi connectivity index (χ0) is 32.1. The summed E-state index contributed by atoms with van der Waals surface area (Å²) in [4.78, 5) is 41.9. The Kier molecular flexibility index (Phi) is 7.63. The second kappa shape index (κ2) is 12.0. The molecule has 0 aliphatic carbocycles. The van der Waals surface area contributed by atoms with Crippen molar-refractivity contribution >= 4 is 39.4 Å². The molecule has 8 rings (SSSR count). The summed E-state index contributed by atoms with van der Waals surface area (Å²) >= 11 is 0. The molecule has 4 saturated heterocycles. The van der Waals surface area contributed by atoms with Crippen LogP contribution in [0.2, 0.25) is 0 Å². The highest BCUT2D eigenvalue weighted by atomic mass is 16.5. The number of fused-ring (bicyclic) bond motifs is 5. The maximum absolute atomic E-state index is 13.2. The zero-order valence-electron chi connectivity index (χ0n) is 26.9. The van der Waals surface area contributed by atoms with Gasteiger partial charge in [-0.25, -0.2) is 0 Å². The molecule has 1 amide bonds. The van der Waals surface area contributed by atoms with Crippen LogP contribution in [0, 0.1) is 0 Å². The highest BCUT2D eigenvalue weighted by molar-refractivity contribution is 6.01. The third-order valence-electron chi connectivity index (χ3n) is 10.9. The number of benzene rings is 3. The Balaban J connectivity index is 1.15. The van der Waals surface area contributed by atoms with Crippen molar-refractivity contribution in [1.82, 2.24) is 19.8 Å². The van der Waals surface area contributed by atoms with Gasteiger partial charge in [0.25, 0.3) is 0 Å². The summed E-state index contributed by atoms with van der Waals surface area (Å²) in [5.74, 6) is 0.694.